The molecule has 0 spiro atoms. The van der Waals surface area contributed by atoms with E-state index < -0.39 is 5.79 Å². The van der Waals surface area contributed by atoms with Gasteiger partial charge in [-0.2, -0.15) is 0 Å². The fourth-order valence-corrected chi connectivity index (χ4v) is 0.973. The zero-order chi connectivity index (χ0) is 7.78. The Hall–Kier alpha value is -0.570. The molecule has 1 atom stereocenters. The summed E-state index contributed by atoms with van der Waals surface area (Å²) in [7, 11) is 0. The Morgan fingerprint density at radius 2 is 2.20 bits per heavy atom. The van der Waals surface area contributed by atoms with E-state index in [1.54, 1.807) is 13.8 Å². The Kier molecular flexibility index (Phi) is 1.68. The van der Waals surface area contributed by atoms with E-state index in [0.29, 0.717) is 6.42 Å². The molecule has 1 heterocycles. The van der Waals surface area contributed by atoms with Crippen LogP contribution < -0.4 is 0 Å². The monoisotopic (exact) mass is 144 g/mol. The van der Waals surface area contributed by atoms with Gasteiger partial charge in [0.05, 0.1) is 0 Å². The number of cyclic esters (lactones) is 1. The van der Waals surface area contributed by atoms with Crippen LogP contribution in [0.25, 0.3) is 0 Å². The molecule has 1 aliphatic heterocycles. The number of hydrogen-bond acceptors (Lipinski definition) is 3. The van der Waals surface area contributed by atoms with E-state index in [9.17, 15) is 4.79 Å². The molecule has 0 radical (unpaired) electrons. The van der Waals surface area contributed by atoms with Crippen molar-refractivity contribution in [3.8, 4) is 0 Å². The van der Waals surface area contributed by atoms with E-state index in [2.05, 4.69) is 0 Å². The Labute approximate surface area is 60.3 Å². The molecule has 0 bridgehead atoms. The van der Waals surface area contributed by atoms with Gasteiger partial charge in [-0.05, 0) is 6.42 Å². The summed E-state index contributed by atoms with van der Waals surface area (Å²) < 4.78 is 10.1. The summed E-state index contributed by atoms with van der Waals surface area (Å²) in [6.45, 7) is 5.37. The number of carbonyl (C=O) groups excluding carboxylic acids is 1. The van der Waals surface area contributed by atoms with E-state index in [1.165, 1.54) is 0 Å². The van der Waals surface area contributed by atoms with Crippen LogP contribution in [0.5, 0.6) is 0 Å². The molecule has 0 aromatic heterocycles. The zero-order valence-corrected chi connectivity index (χ0v) is 6.51. The predicted molar refractivity (Wildman–Crippen MR) is 35.3 cm³/mol. The Morgan fingerprint density at radius 1 is 1.60 bits per heavy atom. The third kappa shape index (κ3) is 1.29. The van der Waals surface area contributed by atoms with Crippen LogP contribution in [0.1, 0.15) is 27.2 Å². The standard InChI is InChI=1S/C7H12O3/c1-4-5-6(8)10-7(2,3)9-5/h5H,4H2,1-3H3/t5-/m1/s1. The van der Waals surface area contributed by atoms with Gasteiger partial charge in [-0.1, -0.05) is 6.92 Å². The second-order valence-electron chi connectivity index (χ2n) is 2.84. The Morgan fingerprint density at radius 3 is 2.40 bits per heavy atom. The van der Waals surface area contributed by atoms with Gasteiger partial charge in [-0.15, -0.1) is 0 Å². The highest BCUT2D eigenvalue weighted by molar-refractivity contribution is 5.76. The molecule has 0 aromatic carbocycles. The maximum absolute atomic E-state index is 10.9. The third-order valence-corrected chi connectivity index (χ3v) is 1.41. The Balaban J connectivity index is 2.61. The van der Waals surface area contributed by atoms with Gasteiger partial charge in [0.2, 0.25) is 5.79 Å². The summed E-state index contributed by atoms with van der Waals surface area (Å²) >= 11 is 0. The number of rotatable bonds is 1. The van der Waals surface area contributed by atoms with Crippen molar-refractivity contribution in [3.63, 3.8) is 0 Å². The van der Waals surface area contributed by atoms with Gasteiger partial charge in [-0.3, -0.25) is 0 Å². The Bertz CT molecular complexity index is 151. The minimum Gasteiger partial charge on any atom is -0.432 e. The second-order valence-corrected chi connectivity index (χ2v) is 2.84. The van der Waals surface area contributed by atoms with Crippen molar-refractivity contribution in [3.05, 3.63) is 0 Å². The van der Waals surface area contributed by atoms with E-state index in [-0.39, 0.29) is 12.1 Å². The van der Waals surface area contributed by atoms with Gasteiger partial charge in [-0.25, -0.2) is 4.79 Å². The average molecular weight is 144 g/mol. The fourth-order valence-electron chi connectivity index (χ4n) is 0.973. The smallest absolute Gasteiger partial charge is 0.337 e. The predicted octanol–water partition coefficient (Wildman–Crippen LogP) is 1.07. The second kappa shape index (κ2) is 2.23. The molecule has 1 fully saturated rings. The quantitative estimate of drug-likeness (QED) is 0.516. The van der Waals surface area contributed by atoms with Crippen LogP contribution in [0.3, 0.4) is 0 Å². The van der Waals surface area contributed by atoms with Crippen LogP contribution in [0.4, 0.5) is 0 Å². The van der Waals surface area contributed by atoms with Gasteiger partial charge in [0, 0.05) is 13.8 Å². The number of esters is 1. The highest BCUT2D eigenvalue weighted by Crippen LogP contribution is 2.24. The molecule has 1 aliphatic rings. The summed E-state index contributed by atoms with van der Waals surface area (Å²) in [6.07, 6.45) is 0.331. The van der Waals surface area contributed by atoms with Crippen molar-refractivity contribution in [1.29, 1.82) is 0 Å². The average Bonchev–Trinajstić information content (AvgIpc) is 2.05. The largest absolute Gasteiger partial charge is 0.432 e. The lowest BCUT2D eigenvalue weighted by atomic mass is 10.3. The summed E-state index contributed by atoms with van der Waals surface area (Å²) in [5, 5.41) is 0. The molecule has 0 unspecified atom stereocenters. The number of hydrogen-bond donors (Lipinski definition) is 0. The lowest BCUT2D eigenvalue weighted by Gasteiger charge is -2.14. The van der Waals surface area contributed by atoms with Crippen LogP contribution in [-0.2, 0) is 14.3 Å². The van der Waals surface area contributed by atoms with Gasteiger partial charge >= 0.3 is 5.97 Å². The van der Waals surface area contributed by atoms with Crippen molar-refractivity contribution in [1.82, 2.24) is 0 Å². The lowest BCUT2D eigenvalue weighted by molar-refractivity contribution is -0.160. The van der Waals surface area contributed by atoms with Crippen LogP contribution in [0, 0.1) is 0 Å². The molecule has 1 rings (SSSR count). The van der Waals surface area contributed by atoms with Crippen LogP contribution in [0.2, 0.25) is 0 Å². The summed E-state index contributed by atoms with van der Waals surface area (Å²) in [5.41, 5.74) is 0. The van der Waals surface area contributed by atoms with Crippen LogP contribution >= 0.6 is 0 Å². The maximum Gasteiger partial charge on any atom is 0.337 e. The first-order valence-electron chi connectivity index (χ1n) is 3.46. The number of carbonyl (C=O) groups is 1. The van der Waals surface area contributed by atoms with Crippen molar-refractivity contribution in [2.45, 2.75) is 39.1 Å². The third-order valence-electron chi connectivity index (χ3n) is 1.41. The molecular weight excluding hydrogens is 132 g/mol. The highest BCUT2D eigenvalue weighted by atomic mass is 16.8. The first kappa shape index (κ1) is 7.54. The zero-order valence-electron chi connectivity index (χ0n) is 6.51. The molecule has 58 valence electrons. The molecule has 0 saturated carbocycles. The molecule has 0 N–H and O–H groups in total. The van der Waals surface area contributed by atoms with Gasteiger partial charge in [0.25, 0.3) is 0 Å². The summed E-state index contributed by atoms with van der Waals surface area (Å²) in [4.78, 5) is 10.9. The number of ether oxygens (including phenoxy) is 2. The first-order chi connectivity index (χ1) is 4.55. The van der Waals surface area contributed by atoms with Crippen LogP contribution in [-0.4, -0.2) is 17.9 Å². The molecule has 0 aromatic rings. The molecule has 1 saturated heterocycles. The summed E-state index contributed by atoms with van der Waals surface area (Å²) in [5.74, 6) is -0.954. The normalized spacial score (nSPS) is 30.3. The maximum atomic E-state index is 10.9. The van der Waals surface area contributed by atoms with E-state index >= 15 is 0 Å². The van der Waals surface area contributed by atoms with Crippen molar-refractivity contribution in [2.24, 2.45) is 0 Å². The minimum absolute atomic E-state index is 0.243. The highest BCUT2D eigenvalue weighted by Gasteiger charge is 2.39. The first-order valence-corrected chi connectivity index (χ1v) is 3.46. The molecule has 0 aliphatic carbocycles. The van der Waals surface area contributed by atoms with Crippen molar-refractivity contribution < 1.29 is 14.3 Å². The molecular formula is C7H12O3. The minimum atomic E-state index is -0.711. The fraction of sp³-hybridized carbons (Fsp3) is 0.857. The van der Waals surface area contributed by atoms with E-state index in [1.807, 2.05) is 6.92 Å². The SMILES string of the molecule is CC[C@H]1OC(C)(C)OC1=O. The molecule has 0 amide bonds. The van der Waals surface area contributed by atoms with E-state index in [0.717, 1.165) is 0 Å². The van der Waals surface area contributed by atoms with E-state index in [4.69, 9.17) is 9.47 Å². The lowest BCUT2D eigenvalue weighted by Crippen LogP contribution is -2.21. The molecule has 3 heteroatoms. The summed E-state index contributed by atoms with van der Waals surface area (Å²) in [6, 6.07) is 0. The molecule has 10 heavy (non-hydrogen) atoms. The van der Waals surface area contributed by atoms with Crippen molar-refractivity contribution >= 4 is 5.97 Å². The topological polar surface area (TPSA) is 35.5 Å². The van der Waals surface area contributed by atoms with Gasteiger partial charge < -0.3 is 9.47 Å². The van der Waals surface area contributed by atoms with Crippen molar-refractivity contribution in [2.75, 3.05) is 0 Å². The molecule has 3 nitrogen and oxygen atoms in total. The van der Waals surface area contributed by atoms with Gasteiger partial charge in [0.1, 0.15) is 0 Å². The van der Waals surface area contributed by atoms with Crippen LogP contribution in [0.15, 0.2) is 0 Å². The van der Waals surface area contributed by atoms with Gasteiger partial charge in [0.15, 0.2) is 6.10 Å².